The number of nitrogens with zero attached hydrogens (tertiary/aromatic N) is 7. The van der Waals surface area contributed by atoms with E-state index in [4.69, 9.17) is 10.7 Å². The van der Waals surface area contributed by atoms with Crippen LogP contribution in [0.15, 0.2) is 78.0 Å². The Morgan fingerprint density at radius 2 is 1.86 bits per heavy atom. The van der Waals surface area contributed by atoms with E-state index in [9.17, 15) is 10.1 Å². The van der Waals surface area contributed by atoms with E-state index in [2.05, 4.69) is 25.5 Å². The molecule has 0 aliphatic carbocycles. The van der Waals surface area contributed by atoms with Crippen LogP contribution >= 0.6 is 0 Å². The Morgan fingerprint density at radius 3 is 2.60 bits per heavy atom. The maximum absolute atomic E-state index is 14.0. The molecule has 1 unspecified atom stereocenters. The Labute approximate surface area is 199 Å². The number of rotatable bonds is 5. The van der Waals surface area contributed by atoms with Gasteiger partial charge in [-0.15, -0.1) is 0 Å². The minimum Gasteiger partial charge on any atom is -0.368 e. The Balaban J connectivity index is 1.75. The highest BCUT2D eigenvalue weighted by Crippen LogP contribution is 2.28. The zero-order valence-corrected chi connectivity index (χ0v) is 18.6. The van der Waals surface area contributed by atoms with Gasteiger partial charge in [0, 0.05) is 5.56 Å². The standard InChI is InChI=1S/C25H19N9O/c1-15(31-22-17(12-26)13-28-25(27)33-22)23-32-20-9-5-8-19(16-10-11-29-30-14-16)21(20)24(35)34(23)18-6-3-2-4-7-18/h2-11,13-15H,1H3,(H3,27,28,31,33). The molecule has 5 rings (SSSR count). The van der Waals surface area contributed by atoms with E-state index in [0.717, 1.165) is 5.56 Å². The molecule has 3 aromatic heterocycles. The average molecular weight is 461 g/mol. The van der Waals surface area contributed by atoms with Gasteiger partial charge in [-0.3, -0.25) is 9.36 Å². The number of benzene rings is 2. The summed E-state index contributed by atoms with van der Waals surface area (Å²) in [4.78, 5) is 26.9. The molecule has 0 spiro atoms. The topological polar surface area (TPSA) is 148 Å². The summed E-state index contributed by atoms with van der Waals surface area (Å²) in [6.45, 7) is 1.84. The third-order valence-electron chi connectivity index (χ3n) is 5.50. The van der Waals surface area contributed by atoms with Crippen LogP contribution < -0.4 is 16.6 Å². The molecule has 5 aromatic rings. The Hall–Kier alpha value is -5.17. The molecule has 0 amide bonds. The smallest absolute Gasteiger partial charge is 0.266 e. The molecule has 10 heteroatoms. The van der Waals surface area contributed by atoms with Crippen molar-refractivity contribution in [2.75, 3.05) is 11.1 Å². The summed E-state index contributed by atoms with van der Waals surface area (Å²) in [6.07, 6.45) is 4.55. The molecule has 1 atom stereocenters. The lowest BCUT2D eigenvalue weighted by molar-refractivity contribution is 0.730. The third-order valence-corrected chi connectivity index (χ3v) is 5.50. The first-order valence-corrected chi connectivity index (χ1v) is 10.7. The van der Waals surface area contributed by atoms with Crippen LogP contribution in [0.25, 0.3) is 27.7 Å². The van der Waals surface area contributed by atoms with Crippen LogP contribution in [0.3, 0.4) is 0 Å². The fourth-order valence-corrected chi connectivity index (χ4v) is 3.91. The highest BCUT2D eigenvalue weighted by atomic mass is 16.1. The lowest BCUT2D eigenvalue weighted by Gasteiger charge is -2.21. The van der Waals surface area contributed by atoms with E-state index in [1.165, 1.54) is 6.20 Å². The van der Waals surface area contributed by atoms with Crippen LogP contribution in [0.4, 0.5) is 11.8 Å². The Kier molecular flexibility index (Phi) is 5.57. The maximum Gasteiger partial charge on any atom is 0.266 e. The van der Waals surface area contributed by atoms with Crippen LogP contribution in [0.2, 0.25) is 0 Å². The Bertz CT molecular complexity index is 1630. The number of fused-ring (bicyclic) bond motifs is 1. The minimum atomic E-state index is -0.514. The maximum atomic E-state index is 14.0. The van der Waals surface area contributed by atoms with E-state index in [0.29, 0.717) is 28.0 Å². The normalized spacial score (nSPS) is 11.7. The number of hydrogen-bond donors (Lipinski definition) is 2. The molecule has 0 aliphatic rings. The molecular formula is C25H19N9O. The number of nitrogens with one attached hydrogen (secondary N) is 1. The van der Waals surface area contributed by atoms with Gasteiger partial charge < -0.3 is 11.1 Å². The molecule has 0 saturated heterocycles. The molecule has 0 fully saturated rings. The van der Waals surface area contributed by atoms with Gasteiger partial charge in [-0.2, -0.15) is 20.4 Å². The molecule has 0 aliphatic heterocycles. The predicted molar refractivity (Wildman–Crippen MR) is 132 cm³/mol. The SMILES string of the molecule is CC(Nc1nc(N)ncc1C#N)c1nc2cccc(-c3ccnnc3)c2c(=O)n1-c1ccccc1. The summed E-state index contributed by atoms with van der Waals surface area (Å²) in [7, 11) is 0. The first-order chi connectivity index (χ1) is 17.1. The zero-order chi connectivity index (χ0) is 24.4. The number of nitriles is 1. The van der Waals surface area contributed by atoms with Crippen LogP contribution in [0, 0.1) is 11.3 Å². The number of hydrogen-bond acceptors (Lipinski definition) is 9. The fourth-order valence-electron chi connectivity index (χ4n) is 3.91. The molecule has 2 aromatic carbocycles. The van der Waals surface area contributed by atoms with Gasteiger partial charge in [-0.25, -0.2) is 9.97 Å². The second-order valence-corrected chi connectivity index (χ2v) is 7.75. The monoisotopic (exact) mass is 461 g/mol. The van der Waals surface area contributed by atoms with Crippen molar-refractivity contribution in [1.29, 1.82) is 5.26 Å². The molecule has 3 N–H and O–H groups in total. The Morgan fingerprint density at radius 1 is 1.03 bits per heavy atom. The summed E-state index contributed by atoms with van der Waals surface area (Å²) in [6, 6.07) is 18.1. The largest absolute Gasteiger partial charge is 0.368 e. The van der Waals surface area contributed by atoms with Crippen molar-refractivity contribution in [3.8, 4) is 22.9 Å². The van der Waals surface area contributed by atoms with Crippen molar-refractivity contribution in [2.24, 2.45) is 0 Å². The molecule has 0 bridgehead atoms. The van der Waals surface area contributed by atoms with E-state index >= 15 is 0 Å². The molecular weight excluding hydrogens is 442 g/mol. The van der Waals surface area contributed by atoms with Gasteiger partial charge in [-0.1, -0.05) is 30.3 Å². The molecule has 170 valence electrons. The first-order valence-electron chi connectivity index (χ1n) is 10.7. The van der Waals surface area contributed by atoms with Crippen LogP contribution in [-0.2, 0) is 0 Å². The molecule has 3 heterocycles. The quantitative estimate of drug-likeness (QED) is 0.402. The highest BCUT2D eigenvalue weighted by molar-refractivity contribution is 5.94. The van der Waals surface area contributed by atoms with Gasteiger partial charge in [0.1, 0.15) is 23.3 Å². The van der Waals surface area contributed by atoms with Gasteiger partial charge in [0.2, 0.25) is 5.95 Å². The minimum absolute atomic E-state index is 0.0289. The predicted octanol–water partition coefficient (Wildman–Crippen LogP) is 3.26. The van der Waals surface area contributed by atoms with Crippen LogP contribution in [-0.4, -0.2) is 29.7 Å². The van der Waals surface area contributed by atoms with Gasteiger partial charge in [0.15, 0.2) is 0 Å². The van der Waals surface area contributed by atoms with E-state index < -0.39 is 6.04 Å². The van der Waals surface area contributed by atoms with Crippen molar-refractivity contribution < 1.29 is 0 Å². The van der Waals surface area contributed by atoms with Crippen molar-refractivity contribution in [3.63, 3.8) is 0 Å². The van der Waals surface area contributed by atoms with E-state index in [1.54, 1.807) is 29.1 Å². The number of nitrogens with two attached hydrogens (primary N) is 1. The van der Waals surface area contributed by atoms with Crippen LogP contribution in [0.1, 0.15) is 24.4 Å². The second kappa shape index (κ2) is 8.99. The molecule has 10 nitrogen and oxygen atoms in total. The summed E-state index contributed by atoms with van der Waals surface area (Å²) in [5, 5.41) is 20.9. The van der Waals surface area contributed by atoms with Crippen LogP contribution in [0.5, 0.6) is 0 Å². The van der Waals surface area contributed by atoms with Crippen molar-refractivity contribution in [1.82, 2.24) is 29.7 Å². The van der Waals surface area contributed by atoms with Crippen molar-refractivity contribution in [3.05, 3.63) is 94.9 Å². The first kappa shape index (κ1) is 21.7. The van der Waals surface area contributed by atoms with E-state index in [-0.39, 0.29) is 22.9 Å². The molecule has 0 saturated carbocycles. The number of para-hydroxylation sites is 1. The second-order valence-electron chi connectivity index (χ2n) is 7.75. The number of aromatic nitrogens is 6. The summed E-state index contributed by atoms with van der Waals surface area (Å²) >= 11 is 0. The van der Waals surface area contributed by atoms with Gasteiger partial charge in [-0.05, 0) is 36.8 Å². The number of nitrogen functional groups attached to an aromatic ring is 1. The highest BCUT2D eigenvalue weighted by Gasteiger charge is 2.21. The van der Waals surface area contributed by atoms with Crippen molar-refractivity contribution in [2.45, 2.75) is 13.0 Å². The summed E-state index contributed by atoms with van der Waals surface area (Å²) in [5.41, 5.74) is 8.39. The molecule has 35 heavy (non-hydrogen) atoms. The van der Waals surface area contributed by atoms with Gasteiger partial charge in [0.25, 0.3) is 5.56 Å². The van der Waals surface area contributed by atoms with Crippen molar-refractivity contribution >= 4 is 22.7 Å². The fraction of sp³-hybridized carbons (Fsp3) is 0.0800. The van der Waals surface area contributed by atoms with E-state index in [1.807, 2.05) is 55.5 Å². The summed E-state index contributed by atoms with van der Waals surface area (Å²) < 4.78 is 1.56. The lowest BCUT2D eigenvalue weighted by Crippen LogP contribution is -2.28. The summed E-state index contributed by atoms with van der Waals surface area (Å²) in [5.74, 6) is 0.735. The van der Waals surface area contributed by atoms with Gasteiger partial charge >= 0.3 is 0 Å². The van der Waals surface area contributed by atoms with Gasteiger partial charge in [0.05, 0.1) is 41.2 Å². The number of anilines is 2. The molecule has 0 radical (unpaired) electrons. The third kappa shape index (κ3) is 4.02. The zero-order valence-electron chi connectivity index (χ0n) is 18.6. The average Bonchev–Trinajstić information content (AvgIpc) is 2.89. The lowest BCUT2D eigenvalue weighted by atomic mass is 10.0.